The zero-order valence-electron chi connectivity index (χ0n) is 8.57. The van der Waals surface area contributed by atoms with Crippen LogP contribution < -0.4 is 4.89 Å². The fourth-order valence-electron chi connectivity index (χ4n) is 0.934. The molecule has 1 N–H and O–H groups in total. The van der Waals surface area contributed by atoms with Crippen molar-refractivity contribution >= 4 is 10.0 Å². The first-order valence-electron chi connectivity index (χ1n) is 4.57. The molecule has 0 amide bonds. The summed E-state index contributed by atoms with van der Waals surface area (Å²) in [5.74, 6) is 0. The molecule has 0 heterocycles. The Bertz CT molecular complexity index is 444. The van der Waals surface area contributed by atoms with E-state index in [1.807, 2.05) is 0 Å². The van der Waals surface area contributed by atoms with Gasteiger partial charge >= 0.3 is 6.18 Å². The highest BCUT2D eigenvalue weighted by atomic mass is 32.2. The lowest BCUT2D eigenvalue weighted by molar-refractivity contribution is -0.147. The fourth-order valence-corrected chi connectivity index (χ4v) is 1.78. The van der Waals surface area contributed by atoms with Crippen LogP contribution in [0.25, 0.3) is 0 Å². The van der Waals surface area contributed by atoms with Crippen LogP contribution in [0.5, 0.6) is 0 Å². The second-order valence-electron chi connectivity index (χ2n) is 3.11. The molecule has 0 atom stereocenters. The average Bonchev–Trinajstić information content (AvgIpc) is 2.25. The Balaban J connectivity index is 2.47. The van der Waals surface area contributed by atoms with E-state index in [1.54, 1.807) is 11.0 Å². The van der Waals surface area contributed by atoms with Gasteiger partial charge in [0.15, 0.2) is 0 Å². The maximum absolute atomic E-state index is 11.7. The second-order valence-corrected chi connectivity index (χ2v) is 4.76. The van der Waals surface area contributed by atoms with Gasteiger partial charge in [0.1, 0.15) is 0 Å². The third kappa shape index (κ3) is 5.16. The largest absolute Gasteiger partial charge is 0.391 e. The molecule has 17 heavy (non-hydrogen) atoms. The molecule has 0 aromatic heterocycles. The molecule has 1 aromatic rings. The van der Waals surface area contributed by atoms with E-state index in [9.17, 15) is 21.6 Å². The lowest BCUT2D eigenvalue weighted by Crippen LogP contribution is -2.26. The predicted molar refractivity (Wildman–Crippen MR) is 53.4 cm³/mol. The van der Waals surface area contributed by atoms with Crippen molar-refractivity contribution in [2.24, 2.45) is 0 Å². The Morgan fingerprint density at radius 2 is 1.76 bits per heavy atom. The van der Waals surface area contributed by atoms with Gasteiger partial charge in [0.25, 0.3) is 10.0 Å². The molecule has 1 rings (SSSR count). The van der Waals surface area contributed by atoms with Crippen molar-refractivity contribution in [1.29, 1.82) is 0 Å². The highest BCUT2D eigenvalue weighted by Crippen LogP contribution is 2.18. The summed E-state index contributed by atoms with van der Waals surface area (Å²) in [5, 5.41) is 0. The van der Waals surface area contributed by atoms with Crippen LogP contribution in [-0.4, -0.2) is 21.2 Å². The summed E-state index contributed by atoms with van der Waals surface area (Å²) in [4.78, 5) is 5.81. The number of alkyl halides is 3. The number of sulfonamides is 1. The molecule has 8 heteroatoms. The number of hydrogen-bond acceptors (Lipinski definition) is 3. The molecule has 0 saturated carbocycles. The Labute approximate surface area is 96.4 Å². The number of benzene rings is 1. The van der Waals surface area contributed by atoms with Gasteiger partial charge in [-0.3, -0.25) is 4.84 Å². The molecule has 0 aliphatic heterocycles. The van der Waals surface area contributed by atoms with Crippen molar-refractivity contribution in [3.63, 3.8) is 0 Å². The van der Waals surface area contributed by atoms with Crippen molar-refractivity contribution in [3.8, 4) is 0 Å². The molecule has 1 aromatic carbocycles. The summed E-state index contributed by atoms with van der Waals surface area (Å²) in [7, 11) is -3.92. The lowest BCUT2D eigenvalue weighted by atomic mass is 10.4. The van der Waals surface area contributed by atoms with Crippen LogP contribution in [-0.2, 0) is 14.9 Å². The molecule has 0 spiro atoms. The third-order valence-corrected chi connectivity index (χ3v) is 2.94. The van der Waals surface area contributed by atoms with Crippen molar-refractivity contribution in [2.75, 3.05) is 6.61 Å². The van der Waals surface area contributed by atoms with Gasteiger partial charge in [-0.1, -0.05) is 23.1 Å². The Morgan fingerprint density at radius 3 is 2.29 bits per heavy atom. The molecule has 0 saturated heterocycles. The van der Waals surface area contributed by atoms with Crippen LogP contribution >= 0.6 is 0 Å². The smallest absolute Gasteiger partial charge is 0.286 e. The summed E-state index contributed by atoms with van der Waals surface area (Å²) in [6.07, 6.45) is -5.59. The van der Waals surface area contributed by atoms with E-state index in [0.717, 1.165) is 0 Å². The van der Waals surface area contributed by atoms with E-state index in [4.69, 9.17) is 0 Å². The molecule has 0 aliphatic rings. The molecular formula is C9H10F3NO3S. The fraction of sp³-hybridized carbons (Fsp3) is 0.333. The Morgan fingerprint density at radius 1 is 1.18 bits per heavy atom. The van der Waals surface area contributed by atoms with Crippen molar-refractivity contribution < 1.29 is 26.4 Å². The van der Waals surface area contributed by atoms with Gasteiger partial charge in [-0.15, -0.1) is 0 Å². The molecule has 0 radical (unpaired) electrons. The summed E-state index contributed by atoms with van der Waals surface area (Å²) >= 11 is 0. The van der Waals surface area contributed by atoms with Crippen molar-refractivity contribution in [1.82, 2.24) is 4.89 Å². The molecule has 0 aliphatic carbocycles. The van der Waals surface area contributed by atoms with Crippen LogP contribution in [0.1, 0.15) is 6.42 Å². The second kappa shape index (κ2) is 5.48. The summed E-state index contributed by atoms with van der Waals surface area (Å²) in [6, 6.07) is 7.20. The molecule has 4 nitrogen and oxygen atoms in total. The van der Waals surface area contributed by atoms with Gasteiger partial charge in [0, 0.05) is 0 Å². The predicted octanol–water partition coefficient (Wildman–Crippen LogP) is 1.85. The Hall–Kier alpha value is -1.12. The minimum Gasteiger partial charge on any atom is -0.286 e. The minimum absolute atomic E-state index is 0.0768. The van der Waals surface area contributed by atoms with Gasteiger partial charge in [0.2, 0.25) is 0 Å². The molecule has 96 valence electrons. The molecule has 0 unspecified atom stereocenters. The first kappa shape index (κ1) is 13.9. The van der Waals surface area contributed by atoms with E-state index in [-0.39, 0.29) is 4.90 Å². The molecule has 0 fully saturated rings. The standard InChI is InChI=1S/C9H10F3NO3S/c10-9(11,12)6-7-16-13-17(14,15)8-4-2-1-3-5-8/h1-5,13H,6-7H2. The van der Waals surface area contributed by atoms with Gasteiger partial charge in [-0.05, 0) is 12.1 Å². The van der Waals surface area contributed by atoms with Crippen LogP contribution in [0.3, 0.4) is 0 Å². The van der Waals surface area contributed by atoms with E-state index >= 15 is 0 Å². The third-order valence-electron chi connectivity index (χ3n) is 1.71. The topological polar surface area (TPSA) is 55.4 Å². The lowest BCUT2D eigenvalue weighted by Gasteiger charge is -2.08. The zero-order valence-corrected chi connectivity index (χ0v) is 9.38. The summed E-state index contributed by atoms with van der Waals surface area (Å²) < 4.78 is 58.1. The van der Waals surface area contributed by atoms with Crippen LogP contribution in [0.2, 0.25) is 0 Å². The zero-order chi connectivity index (χ0) is 12.9. The van der Waals surface area contributed by atoms with Crippen LogP contribution in [0.4, 0.5) is 13.2 Å². The number of rotatable bonds is 5. The van der Waals surface area contributed by atoms with Crippen LogP contribution in [0, 0.1) is 0 Å². The van der Waals surface area contributed by atoms with Crippen molar-refractivity contribution in [3.05, 3.63) is 30.3 Å². The Kier molecular flexibility index (Phi) is 4.49. The molecule has 0 bridgehead atoms. The first-order chi connectivity index (χ1) is 7.81. The van der Waals surface area contributed by atoms with E-state index in [0.29, 0.717) is 0 Å². The molecular weight excluding hydrogens is 259 g/mol. The number of hydrogen-bond donors (Lipinski definition) is 1. The highest BCUT2D eigenvalue weighted by molar-refractivity contribution is 7.89. The first-order valence-corrected chi connectivity index (χ1v) is 6.05. The SMILES string of the molecule is O=S(=O)(NOCCC(F)(F)F)c1ccccc1. The van der Waals surface area contributed by atoms with E-state index in [1.165, 1.54) is 24.3 Å². The van der Waals surface area contributed by atoms with Crippen LogP contribution in [0.15, 0.2) is 35.2 Å². The average molecular weight is 269 g/mol. The minimum atomic E-state index is -4.38. The van der Waals surface area contributed by atoms with Gasteiger partial charge < -0.3 is 0 Å². The number of halogens is 3. The maximum Gasteiger partial charge on any atom is 0.391 e. The monoisotopic (exact) mass is 269 g/mol. The summed E-state index contributed by atoms with van der Waals surface area (Å²) in [6.45, 7) is -0.768. The van der Waals surface area contributed by atoms with Gasteiger partial charge in [0.05, 0.1) is 17.9 Å². The maximum atomic E-state index is 11.7. The quantitative estimate of drug-likeness (QED) is 0.655. The van der Waals surface area contributed by atoms with Gasteiger partial charge in [-0.2, -0.15) is 13.2 Å². The normalized spacial score (nSPS) is 12.6. The van der Waals surface area contributed by atoms with E-state index < -0.39 is 29.2 Å². The highest BCUT2D eigenvalue weighted by Gasteiger charge is 2.27. The van der Waals surface area contributed by atoms with Crippen molar-refractivity contribution in [2.45, 2.75) is 17.5 Å². The van der Waals surface area contributed by atoms with E-state index in [2.05, 4.69) is 4.84 Å². The summed E-state index contributed by atoms with van der Waals surface area (Å²) in [5.41, 5.74) is 0. The number of nitrogens with one attached hydrogen (secondary N) is 1. The van der Waals surface area contributed by atoms with Gasteiger partial charge in [-0.25, -0.2) is 8.42 Å².